The van der Waals surface area contributed by atoms with Gasteiger partial charge in [-0.25, -0.2) is 9.97 Å². The smallest absolute Gasteiger partial charge is 0.244 e. The van der Waals surface area contributed by atoms with Crippen LogP contribution in [0.5, 0.6) is 0 Å². The second-order valence-electron chi connectivity index (χ2n) is 6.35. The van der Waals surface area contributed by atoms with Gasteiger partial charge < -0.3 is 9.64 Å². The Kier molecular flexibility index (Phi) is 5.75. The summed E-state index contributed by atoms with van der Waals surface area (Å²) in [6, 6.07) is 1.83. The Morgan fingerprint density at radius 3 is 3.08 bits per heavy atom. The molecule has 1 atom stereocenters. The van der Waals surface area contributed by atoms with Gasteiger partial charge in [0.15, 0.2) is 0 Å². The molecule has 0 bridgehead atoms. The molecule has 1 unspecified atom stereocenters. The van der Waals surface area contributed by atoms with Crippen LogP contribution >= 0.6 is 0 Å². The summed E-state index contributed by atoms with van der Waals surface area (Å²) in [5.74, 6) is 1.09. The molecule has 25 heavy (non-hydrogen) atoms. The van der Waals surface area contributed by atoms with Crippen LogP contribution in [0.3, 0.4) is 0 Å². The van der Waals surface area contributed by atoms with Crippen molar-refractivity contribution in [1.29, 1.82) is 0 Å². The molecule has 3 rings (SSSR count). The molecule has 1 aliphatic heterocycles. The van der Waals surface area contributed by atoms with Crippen molar-refractivity contribution in [3.8, 4) is 0 Å². The van der Waals surface area contributed by atoms with Crippen molar-refractivity contribution in [2.75, 3.05) is 19.7 Å². The van der Waals surface area contributed by atoms with Crippen LogP contribution in [0.1, 0.15) is 42.8 Å². The summed E-state index contributed by atoms with van der Waals surface area (Å²) in [6.07, 6.45) is 7.37. The Morgan fingerprint density at radius 2 is 2.32 bits per heavy atom. The van der Waals surface area contributed by atoms with Crippen LogP contribution in [0.4, 0.5) is 0 Å². The Hall–Kier alpha value is -2.28. The van der Waals surface area contributed by atoms with Crippen LogP contribution in [0, 0.1) is 6.92 Å². The Labute approximate surface area is 148 Å². The van der Waals surface area contributed by atoms with E-state index in [0.717, 1.165) is 36.5 Å². The van der Waals surface area contributed by atoms with Crippen molar-refractivity contribution in [2.45, 2.75) is 45.8 Å². The molecule has 134 valence electrons. The minimum absolute atomic E-state index is 0.102. The molecule has 0 aliphatic carbocycles. The summed E-state index contributed by atoms with van der Waals surface area (Å²) in [6.45, 7) is 6.82. The monoisotopic (exact) mass is 343 g/mol. The topological polar surface area (TPSA) is 73.1 Å². The van der Waals surface area contributed by atoms with E-state index in [9.17, 15) is 4.79 Å². The van der Waals surface area contributed by atoms with Crippen LogP contribution in [0.15, 0.2) is 24.7 Å². The van der Waals surface area contributed by atoms with Gasteiger partial charge in [0.1, 0.15) is 12.4 Å². The van der Waals surface area contributed by atoms with Crippen LogP contribution < -0.4 is 0 Å². The highest BCUT2D eigenvalue weighted by atomic mass is 16.5. The van der Waals surface area contributed by atoms with Gasteiger partial charge in [0, 0.05) is 49.8 Å². The fourth-order valence-corrected chi connectivity index (χ4v) is 3.25. The molecule has 0 radical (unpaired) electrons. The van der Waals surface area contributed by atoms with Crippen molar-refractivity contribution in [3.63, 3.8) is 0 Å². The number of amides is 1. The molecule has 3 heterocycles. The van der Waals surface area contributed by atoms with E-state index in [1.165, 1.54) is 0 Å². The van der Waals surface area contributed by atoms with E-state index in [-0.39, 0.29) is 18.4 Å². The highest BCUT2D eigenvalue weighted by Gasteiger charge is 2.27. The molecule has 0 N–H and O–H groups in total. The molecular formula is C18H25N5O2. The van der Waals surface area contributed by atoms with Gasteiger partial charge in [-0.05, 0) is 32.8 Å². The molecule has 0 spiro atoms. The number of nitrogens with zero attached hydrogens (tertiary/aromatic N) is 5. The number of rotatable bonds is 6. The summed E-state index contributed by atoms with van der Waals surface area (Å²) in [7, 11) is 0. The van der Waals surface area contributed by atoms with E-state index < -0.39 is 0 Å². The van der Waals surface area contributed by atoms with Gasteiger partial charge in [-0.3, -0.25) is 9.48 Å². The van der Waals surface area contributed by atoms with Crippen LogP contribution in [-0.2, 0) is 22.7 Å². The maximum absolute atomic E-state index is 12.6. The lowest BCUT2D eigenvalue weighted by Crippen LogP contribution is -2.41. The fourth-order valence-electron chi connectivity index (χ4n) is 3.25. The van der Waals surface area contributed by atoms with Crippen molar-refractivity contribution in [2.24, 2.45) is 0 Å². The Balaban J connectivity index is 1.72. The number of hydrogen-bond acceptors (Lipinski definition) is 5. The first-order valence-electron chi connectivity index (χ1n) is 8.82. The van der Waals surface area contributed by atoms with Crippen LogP contribution in [0.2, 0.25) is 0 Å². The molecule has 1 aliphatic rings. The molecule has 2 aromatic rings. The molecule has 7 heteroatoms. The van der Waals surface area contributed by atoms with Crippen molar-refractivity contribution < 1.29 is 9.53 Å². The van der Waals surface area contributed by atoms with Gasteiger partial charge in [0.2, 0.25) is 5.91 Å². The van der Waals surface area contributed by atoms with E-state index in [0.29, 0.717) is 19.8 Å². The molecule has 0 saturated carbocycles. The van der Waals surface area contributed by atoms with Gasteiger partial charge in [-0.15, -0.1) is 0 Å². The van der Waals surface area contributed by atoms with E-state index >= 15 is 0 Å². The normalized spacial score (nSPS) is 17.7. The first kappa shape index (κ1) is 17.5. The number of piperidine rings is 1. The number of ether oxygens (including phenoxy) is 1. The Morgan fingerprint density at radius 1 is 1.44 bits per heavy atom. The third-order valence-corrected chi connectivity index (χ3v) is 4.50. The molecule has 1 amide bonds. The van der Waals surface area contributed by atoms with Gasteiger partial charge in [0.25, 0.3) is 0 Å². The zero-order valence-corrected chi connectivity index (χ0v) is 14.9. The second kappa shape index (κ2) is 8.20. The average Bonchev–Trinajstić information content (AvgIpc) is 3.13. The standard InChI is InChI=1S/C18H25N5O2/c1-3-25-13-16-10-19-14(2)21-18(16)15-6-4-8-22(11-15)17(24)12-23-9-5-7-20-23/h5,7,9-10,15H,3-4,6,8,11-13H2,1-2H3. The minimum Gasteiger partial charge on any atom is -0.377 e. The molecular weight excluding hydrogens is 318 g/mol. The van der Waals surface area contributed by atoms with Crippen LogP contribution in [-0.4, -0.2) is 50.3 Å². The van der Waals surface area contributed by atoms with E-state index in [4.69, 9.17) is 4.74 Å². The highest BCUT2D eigenvalue weighted by molar-refractivity contribution is 5.76. The Bertz CT molecular complexity index is 701. The van der Waals surface area contributed by atoms with Gasteiger partial charge >= 0.3 is 0 Å². The quantitative estimate of drug-likeness (QED) is 0.801. The highest BCUT2D eigenvalue weighted by Crippen LogP contribution is 2.28. The van der Waals surface area contributed by atoms with Crippen LogP contribution in [0.25, 0.3) is 0 Å². The predicted octanol–water partition coefficient (Wildman–Crippen LogP) is 1.92. The third kappa shape index (κ3) is 4.42. The summed E-state index contributed by atoms with van der Waals surface area (Å²) < 4.78 is 7.23. The number of carbonyl (C=O) groups excluding carboxylic acids is 1. The number of aryl methyl sites for hydroxylation is 1. The lowest BCUT2D eigenvalue weighted by Gasteiger charge is -2.33. The SMILES string of the molecule is CCOCc1cnc(C)nc1C1CCCN(C(=O)Cn2cccn2)C1. The zero-order valence-electron chi connectivity index (χ0n) is 14.9. The maximum atomic E-state index is 12.6. The zero-order chi connectivity index (χ0) is 17.6. The molecule has 1 fully saturated rings. The number of hydrogen-bond donors (Lipinski definition) is 0. The molecule has 0 aromatic carbocycles. The van der Waals surface area contributed by atoms with E-state index in [2.05, 4.69) is 15.1 Å². The largest absolute Gasteiger partial charge is 0.377 e. The van der Waals surface area contributed by atoms with E-state index in [1.54, 1.807) is 10.9 Å². The lowest BCUT2D eigenvalue weighted by molar-refractivity contribution is -0.133. The first-order valence-corrected chi connectivity index (χ1v) is 8.82. The van der Waals surface area contributed by atoms with Gasteiger partial charge in [0.05, 0.1) is 12.3 Å². The predicted molar refractivity (Wildman–Crippen MR) is 92.9 cm³/mol. The number of aromatic nitrogens is 4. The summed E-state index contributed by atoms with van der Waals surface area (Å²) in [5.41, 5.74) is 2.05. The van der Waals surface area contributed by atoms with Gasteiger partial charge in [-0.1, -0.05) is 0 Å². The van der Waals surface area contributed by atoms with Crippen molar-refractivity contribution in [3.05, 3.63) is 41.7 Å². The molecule has 7 nitrogen and oxygen atoms in total. The summed E-state index contributed by atoms with van der Waals surface area (Å²) in [5, 5.41) is 4.12. The maximum Gasteiger partial charge on any atom is 0.244 e. The summed E-state index contributed by atoms with van der Waals surface area (Å²) >= 11 is 0. The minimum atomic E-state index is 0.102. The molecule has 1 saturated heterocycles. The second-order valence-corrected chi connectivity index (χ2v) is 6.35. The fraction of sp³-hybridized carbons (Fsp3) is 0.556. The average molecular weight is 343 g/mol. The lowest BCUT2D eigenvalue weighted by atomic mass is 9.92. The number of likely N-dealkylation sites (tertiary alicyclic amines) is 1. The number of carbonyl (C=O) groups is 1. The van der Waals surface area contributed by atoms with E-state index in [1.807, 2.05) is 37.2 Å². The first-order chi connectivity index (χ1) is 12.2. The molecule has 2 aromatic heterocycles. The van der Waals surface area contributed by atoms with Crippen molar-refractivity contribution >= 4 is 5.91 Å². The van der Waals surface area contributed by atoms with Gasteiger partial charge in [-0.2, -0.15) is 5.10 Å². The summed E-state index contributed by atoms with van der Waals surface area (Å²) in [4.78, 5) is 23.5. The van der Waals surface area contributed by atoms with Crippen molar-refractivity contribution in [1.82, 2.24) is 24.6 Å². The third-order valence-electron chi connectivity index (χ3n) is 4.50.